The van der Waals surface area contributed by atoms with Crippen molar-refractivity contribution in [3.05, 3.63) is 11.6 Å². The number of rotatable bonds is 5. The van der Waals surface area contributed by atoms with Crippen molar-refractivity contribution in [2.75, 3.05) is 33.4 Å². The van der Waals surface area contributed by atoms with E-state index in [0.717, 1.165) is 26.1 Å². The molecule has 1 saturated heterocycles. The summed E-state index contributed by atoms with van der Waals surface area (Å²) >= 11 is 0. The Bertz CT molecular complexity index is 274. The second kappa shape index (κ2) is 7.45. The number of carbonyl (C=O) groups excluding carboxylic acids is 1. The van der Waals surface area contributed by atoms with E-state index < -0.39 is 0 Å². The van der Waals surface area contributed by atoms with Gasteiger partial charge in [-0.1, -0.05) is 6.08 Å². The van der Waals surface area contributed by atoms with Crippen molar-refractivity contribution in [3.63, 3.8) is 0 Å². The summed E-state index contributed by atoms with van der Waals surface area (Å²) in [5.41, 5.74) is 0.664. The highest BCUT2D eigenvalue weighted by Crippen LogP contribution is 2.19. The van der Waals surface area contributed by atoms with Gasteiger partial charge in [-0.3, -0.25) is 4.90 Å². The van der Waals surface area contributed by atoms with Crippen LogP contribution in [0, 0.1) is 5.92 Å². The summed E-state index contributed by atoms with van der Waals surface area (Å²) in [6.45, 7) is 4.94. The van der Waals surface area contributed by atoms with Crippen LogP contribution >= 0.6 is 0 Å². The zero-order chi connectivity index (χ0) is 12.7. The Balaban J connectivity index is 2.38. The number of esters is 1. The summed E-state index contributed by atoms with van der Waals surface area (Å²) in [5, 5.41) is 8.94. The quantitative estimate of drug-likeness (QED) is 0.580. The fourth-order valence-electron chi connectivity index (χ4n) is 2.25. The molecule has 0 saturated carbocycles. The Kier molecular flexibility index (Phi) is 6.22. The van der Waals surface area contributed by atoms with E-state index in [-0.39, 0.29) is 12.6 Å². The maximum absolute atomic E-state index is 11.2. The van der Waals surface area contributed by atoms with Crippen LogP contribution in [0.5, 0.6) is 0 Å². The van der Waals surface area contributed by atoms with Gasteiger partial charge in [-0.15, -0.1) is 0 Å². The summed E-state index contributed by atoms with van der Waals surface area (Å²) in [6.07, 6.45) is 5.19. The van der Waals surface area contributed by atoms with Gasteiger partial charge in [0, 0.05) is 25.3 Å². The first-order valence-electron chi connectivity index (χ1n) is 6.25. The van der Waals surface area contributed by atoms with Crippen LogP contribution in [0.15, 0.2) is 11.6 Å². The number of likely N-dealkylation sites (tertiary alicyclic amines) is 1. The van der Waals surface area contributed by atoms with E-state index in [2.05, 4.69) is 9.64 Å². The minimum absolute atomic E-state index is 0.256. The number of piperidine rings is 1. The maximum atomic E-state index is 11.2. The predicted molar refractivity (Wildman–Crippen MR) is 66.6 cm³/mol. The fraction of sp³-hybridized carbons (Fsp3) is 0.769. The molecular weight excluding hydrogens is 218 g/mol. The first kappa shape index (κ1) is 14.2. The van der Waals surface area contributed by atoms with E-state index >= 15 is 0 Å². The summed E-state index contributed by atoms with van der Waals surface area (Å²) < 4.78 is 4.65. The van der Waals surface area contributed by atoms with Crippen molar-refractivity contribution in [2.24, 2.45) is 5.92 Å². The molecule has 1 atom stereocenters. The van der Waals surface area contributed by atoms with Crippen LogP contribution in [0.2, 0.25) is 0 Å². The number of hydrogen-bond donors (Lipinski definition) is 1. The molecule has 0 aromatic rings. The van der Waals surface area contributed by atoms with E-state index in [4.69, 9.17) is 5.11 Å². The van der Waals surface area contributed by atoms with Crippen LogP contribution in [-0.2, 0) is 9.53 Å². The fourth-order valence-corrected chi connectivity index (χ4v) is 2.25. The van der Waals surface area contributed by atoms with Gasteiger partial charge >= 0.3 is 5.97 Å². The Labute approximate surface area is 103 Å². The number of ether oxygens (including phenoxy) is 1. The number of hydrogen-bond acceptors (Lipinski definition) is 4. The van der Waals surface area contributed by atoms with Crippen molar-refractivity contribution in [1.82, 2.24) is 4.90 Å². The van der Waals surface area contributed by atoms with Gasteiger partial charge in [-0.25, -0.2) is 4.79 Å². The third kappa shape index (κ3) is 4.88. The summed E-state index contributed by atoms with van der Waals surface area (Å²) in [7, 11) is 1.40. The minimum Gasteiger partial charge on any atom is -0.466 e. The molecule has 1 unspecified atom stereocenters. The molecule has 98 valence electrons. The van der Waals surface area contributed by atoms with E-state index in [1.165, 1.54) is 20.0 Å². The van der Waals surface area contributed by atoms with Crippen molar-refractivity contribution in [1.29, 1.82) is 0 Å². The minimum atomic E-state index is -0.256. The zero-order valence-corrected chi connectivity index (χ0v) is 10.8. The van der Waals surface area contributed by atoms with E-state index in [9.17, 15) is 4.79 Å². The largest absolute Gasteiger partial charge is 0.466 e. The van der Waals surface area contributed by atoms with Gasteiger partial charge in [0.05, 0.1) is 7.11 Å². The van der Waals surface area contributed by atoms with Crippen LogP contribution in [-0.4, -0.2) is 49.3 Å². The molecule has 1 aliphatic rings. The summed E-state index contributed by atoms with van der Waals surface area (Å²) in [6, 6.07) is 0. The zero-order valence-electron chi connectivity index (χ0n) is 10.8. The van der Waals surface area contributed by atoms with Crippen molar-refractivity contribution in [3.8, 4) is 0 Å². The van der Waals surface area contributed by atoms with Crippen LogP contribution in [0.25, 0.3) is 0 Å². The molecule has 0 radical (unpaired) electrons. The average Bonchev–Trinajstić information content (AvgIpc) is 2.36. The second-order valence-electron chi connectivity index (χ2n) is 4.66. The molecule has 0 aliphatic carbocycles. The molecule has 0 spiro atoms. The molecule has 17 heavy (non-hydrogen) atoms. The first-order valence-corrected chi connectivity index (χ1v) is 6.25. The molecular formula is C13H23NO3. The molecule has 0 aromatic carbocycles. The van der Waals surface area contributed by atoms with Crippen molar-refractivity contribution >= 4 is 5.97 Å². The topological polar surface area (TPSA) is 49.8 Å². The monoisotopic (exact) mass is 241 g/mol. The Morgan fingerprint density at radius 3 is 3.00 bits per heavy atom. The lowest BCUT2D eigenvalue weighted by Gasteiger charge is -2.31. The normalized spacial score (nSPS) is 22.5. The SMILES string of the molecule is COC(=O)C(C)=CCN1CCCC(CCO)C1. The first-order chi connectivity index (χ1) is 8.17. The predicted octanol–water partition coefficient (Wildman–Crippen LogP) is 1.20. The van der Waals surface area contributed by atoms with Gasteiger partial charge in [0.15, 0.2) is 0 Å². The molecule has 0 amide bonds. The van der Waals surface area contributed by atoms with Gasteiger partial charge in [0.2, 0.25) is 0 Å². The number of aliphatic hydroxyl groups excluding tert-OH is 1. The standard InChI is InChI=1S/C13H23NO3/c1-11(13(16)17-2)5-8-14-7-3-4-12(10-14)6-9-15/h5,12,15H,3-4,6-10H2,1-2H3. The van der Waals surface area contributed by atoms with Crippen LogP contribution in [0.3, 0.4) is 0 Å². The molecule has 1 rings (SSSR count). The Morgan fingerprint density at radius 2 is 2.35 bits per heavy atom. The highest BCUT2D eigenvalue weighted by atomic mass is 16.5. The van der Waals surface area contributed by atoms with Gasteiger partial charge in [-0.05, 0) is 38.6 Å². The lowest BCUT2D eigenvalue weighted by atomic mass is 9.95. The van der Waals surface area contributed by atoms with E-state index in [1.54, 1.807) is 6.92 Å². The molecule has 0 aromatic heterocycles. The number of methoxy groups -OCH3 is 1. The summed E-state index contributed by atoms with van der Waals surface area (Å²) in [4.78, 5) is 13.5. The van der Waals surface area contributed by atoms with Crippen molar-refractivity contribution in [2.45, 2.75) is 26.2 Å². The average molecular weight is 241 g/mol. The number of aliphatic hydroxyl groups is 1. The van der Waals surface area contributed by atoms with Crippen LogP contribution in [0.4, 0.5) is 0 Å². The number of nitrogens with zero attached hydrogens (tertiary/aromatic N) is 1. The summed E-state index contributed by atoms with van der Waals surface area (Å²) in [5.74, 6) is 0.342. The Morgan fingerprint density at radius 1 is 1.59 bits per heavy atom. The molecule has 1 fully saturated rings. The molecule has 1 N–H and O–H groups in total. The van der Waals surface area contributed by atoms with Gasteiger partial charge in [-0.2, -0.15) is 0 Å². The third-order valence-corrected chi connectivity index (χ3v) is 3.30. The van der Waals surface area contributed by atoms with E-state index in [0.29, 0.717) is 11.5 Å². The Hall–Kier alpha value is -0.870. The van der Waals surface area contributed by atoms with Gasteiger partial charge < -0.3 is 9.84 Å². The molecule has 0 bridgehead atoms. The lowest BCUT2D eigenvalue weighted by molar-refractivity contribution is -0.136. The molecule has 1 aliphatic heterocycles. The maximum Gasteiger partial charge on any atom is 0.333 e. The molecule has 4 heteroatoms. The lowest BCUT2D eigenvalue weighted by Crippen LogP contribution is -2.36. The van der Waals surface area contributed by atoms with Crippen LogP contribution in [0.1, 0.15) is 26.2 Å². The smallest absolute Gasteiger partial charge is 0.333 e. The van der Waals surface area contributed by atoms with Gasteiger partial charge in [0.25, 0.3) is 0 Å². The third-order valence-electron chi connectivity index (χ3n) is 3.30. The molecule has 1 heterocycles. The van der Waals surface area contributed by atoms with Crippen LogP contribution < -0.4 is 0 Å². The highest BCUT2D eigenvalue weighted by Gasteiger charge is 2.18. The number of carbonyl (C=O) groups is 1. The van der Waals surface area contributed by atoms with Crippen molar-refractivity contribution < 1.29 is 14.6 Å². The van der Waals surface area contributed by atoms with E-state index in [1.807, 2.05) is 6.08 Å². The second-order valence-corrected chi connectivity index (χ2v) is 4.66. The highest BCUT2D eigenvalue weighted by molar-refractivity contribution is 5.87. The van der Waals surface area contributed by atoms with Gasteiger partial charge in [0.1, 0.15) is 0 Å². The molecule has 4 nitrogen and oxygen atoms in total.